The summed E-state index contributed by atoms with van der Waals surface area (Å²) in [4.78, 5) is 26.5. The van der Waals surface area contributed by atoms with Gasteiger partial charge in [0.2, 0.25) is 0 Å². The van der Waals surface area contributed by atoms with Crippen LogP contribution in [0, 0.1) is 5.92 Å². The second-order valence-electron chi connectivity index (χ2n) is 4.64. The lowest BCUT2D eigenvalue weighted by molar-refractivity contribution is -0.139. The molecule has 0 spiro atoms. The van der Waals surface area contributed by atoms with Crippen LogP contribution in [0.15, 0.2) is 6.33 Å². The summed E-state index contributed by atoms with van der Waals surface area (Å²) in [5.74, 6) is -0.274. The zero-order valence-electron chi connectivity index (χ0n) is 10.7. The van der Waals surface area contributed by atoms with E-state index in [4.69, 9.17) is 5.11 Å². The first kappa shape index (κ1) is 13.3. The molecule has 1 aromatic rings. The van der Waals surface area contributed by atoms with E-state index in [1.165, 1.54) is 0 Å². The number of aromatic nitrogens is 3. The van der Waals surface area contributed by atoms with Crippen molar-refractivity contribution < 1.29 is 14.7 Å². The number of urea groups is 1. The molecule has 1 fully saturated rings. The molecule has 1 aromatic heterocycles. The first-order valence-electron chi connectivity index (χ1n) is 6.18. The minimum Gasteiger partial charge on any atom is -0.480 e. The van der Waals surface area contributed by atoms with Crippen molar-refractivity contribution in [3.63, 3.8) is 0 Å². The second kappa shape index (κ2) is 5.68. The van der Waals surface area contributed by atoms with Crippen molar-refractivity contribution >= 4 is 12.0 Å². The fourth-order valence-electron chi connectivity index (χ4n) is 1.79. The van der Waals surface area contributed by atoms with Gasteiger partial charge in [-0.2, -0.15) is 5.10 Å². The molecule has 104 valence electrons. The van der Waals surface area contributed by atoms with Gasteiger partial charge < -0.3 is 15.7 Å². The normalized spacial score (nSPS) is 15.8. The fraction of sp³-hybridized carbons (Fsp3) is 0.636. The van der Waals surface area contributed by atoms with Gasteiger partial charge in [-0.05, 0) is 18.8 Å². The van der Waals surface area contributed by atoms with Crippen LogP contribution in [0.5, 0.6) is 0 Å². The van der Waals surface area contributed by atoms with Crippen LogP contribution in [-0.2, 0) is 18.3 Å². The predicted molar refractivity (Wildman–Crippen MR) is 65.4 cm³/mol. The van der Waals surface area contributed by atoms with E-state index in [-0.39, 0.29) is 5.92 Å². The second-order valence-corrected chi connectivity index (χ2v) is 4.64. The van der Waals surface area contributed by atoms with Crippen molar-refractivity contribution in [1.82, 2.24) is 25.4 Å². The average Bonchev–Trinajstić information content (AvgIpc) is 3.10. The first-order chi connectivity index (χ1) is 9.06. The van der Waals surface area contributed by atoms with E-state index in [2.05, 4.69) is 20.7 Å². The molecule has 0 aliphatic heterocycles. The Labute approximate surface area is 110 Å². The Kier molecular flexibility index (Phi) is 3.98. The summed E-state index contributed by atoms with van der Waals surface area (Å²) in [6.45, 7) is 0.368. The van der Waals surface area contributed by atoms with Crippen LogP contribution in [-0.4, -0.2) is 44.5 Å². The van der Waals surface area contributed by atoms with Gasteiger partial charge in [0.25, 0.3) is 0 Å². The molecule has 0 aromatic carbocycles. The van der Waals surface area contributed by atoms with E-state index in [1.54, 1.807) is 18.1 Å². The highest BCUT2D eigenvalue weighted by Crippen LogP contribution is 2.32. The van der Waals surface area contributed by atoms with Crippen LogP contribution in [0.2, 0.25) is 0 Å². The largest absolute Gasteiger partial charge is 0.480 e. The van der Waals surface area contributed by atoms with E-state index in [0.29, 0.717) is 18.8 Å². The third-order valence-electron chi connectivity index (χ3n) is 2.93. The smallest absolute Gasteiger partial charge is 0.326 e. The van der Waals surface area contributed by atoms with Gasteiger partial charge in [0.05, 0.1) is 0 Å². The molecule has 2 amide bonds. The predicted octanol–water partition coefficient (Wildman–Crippen LogP) is -0.480. The van der Waals surface area contributed by atoms with E-state index in [0.717, 1.165) is 12.8 Å². The van der Waals surface area contributed by atoms with Gasteiger partial charge in [-0.15, -0.1) is 0 Å². The third-order valence-corrected chi connectivity index (χ3v) is 2.93. The van der Waals surface area contributed by atoms with Gasteiger partial charge in [-0.25, -0.2) is 14.6 Å². The van der Waals surface area contributed by atoms with Gasteiger partial charge in [-0.3, -0.25) is 4.68 Å². The van der Waals surface area contributed by atoms with E-state index in [1.807, 2.05) is 0 Å². The van der Waals surface area contributed by atoms with Crippen LogP contribution in [0.4, 0.5) is 4.79 Å². The molecule has 0 radical (unpaired) electrons. The number of carboxylic acids is 1. The minimum absolute atomic E-state index is 0.0701. The Morgan fingerprint density at radius 1 is 1.58 bits per heavy atom. The summed E-state index contributed by atoms with van der Waals surface area (Å²) in [6, 6.07) is -1.25. The zero-order valence-corrected chi connectivity index (χ0v) is 10.7. The van der Waals surface area contributed by atoms with Crippen molar-refractivity contribution in [2.45, 2.75) is 25.3 Å². The van der Waals surface area contributed by atoms with Gasteiger partial charge in [0.1, 0.15) is 12.4 Å². The summed E-state index contributed by atoms with van der Waals surface area (Å²) in [5, 5.41) is 18.1. The van der Waals surface area contributed by atoms with Crippen molar-refractivity contribution in [2.24, 2.45) is 13.0 Å². The first-order valence-corrected chi connectivity index (χ1v) is 6.18. The van der Waals surface area contributed by atoms with Crippen molar-refractivity contribution in [3.05, 3.63) is 12.2 Å². The summed E-state index contributed by atoms with van der Waals surface area (Å²) < 4.78 is 1.59. The van der Waals surface area contributed by atoms with Crippen molar-refractivity contribution in [3.8, 4) is 0 Å². The number of aliphatic carboxylic acids is 1. The maximum absolute atomic E-state index is 11.6. The van der Waals surface area contributed by atoms with E-state index in [9.17, 15) is 9.59 Å². The highest BCUT2D eigenvalue weighted by atomic mass is 16.4. The SMILES string of the molecule is Cn1cnc(CCNC(=O)NC(C(=O)O)C2CC2)n1. The molecule has 1 atom stereocenters. The van der Waals surface area contributed by atoms with E-state index >= 15 is 0 Å². The molecule has 1 unspecified atom stereocenters. The Hall–Kier alpha value is -2.12. The number of rotatable bonds is 6. The number of hydrogen-bond donors (Lipinski definition) is 3. The highest BCUT2D eigenvalue weighted by Gasteiger charge is 2.37. The lowest BCUT2D eigenvalue weighted by Crippen LogP contribution is -2.47. The molecular weight excluding hydrogens is 250 g/mol. The number of hydrogen-bond acceptors (Lipinski definition) is 4. The minimum atomic E-state index is -0.982. The van der Waals surface area contributed by atoms with E-state index < -0.39 is 18.0 Å². The summed E-state index contributed by atoms with van der Waals surface area (Å²) in [5.41, 5.74) is 0. The summed E-state index contributed by atoms with van der Waals surface area (Å²) >= 11 is 0. The lowest BCUT2D eigenvalue weighted by atomic mass is 10.2. The molecule has 8 nitrogen and oxygen atoms in total. The van der Waals surface area contributed by atoms with Crippen LogP contribution in [0.1, 0.15) is 18.7 Å². The Morgan fingerprint density at radius 3 is 2.84 bits per heavy atom. The van der Waals surface area contributed by atoms with Gasteiger partial charge in [-0.1, -0.05) is 0 Å². The maximum atomic E-state index is 11.6. The van der Waals surface area contributed by atoms with Gasteiger partial charge in [0, 0.05) is 20.0 Å². The molecule has 1 saturated carbocycles. The Morgan fingerprint density at radius 2 is 2.32 bits per heavy atom. The monoisotopic (exact) mass is 267 g/mol. The molecule has 8 heteroatoms. The molecule has 1 heterocycles. The molecule has 1 aliphatic rings. The number of aryl methyl sites for hydroxylation is 1. The Balaban J connectivity index is 1.70. The quantitative estimate of drug-likeness (QED) is 0.645. The molecule has 0 bridgehead atoms. The summed E-state index contributed by atoms with van der Waals surface area (Å²) in [7, 11) is 1.77. The van der Waals surface area contributed by atoms with Crippen LogP contribution in [0.25, 0.3) is 0 Å². The number of nitrogens with zero attached hydrogens (tertiary/aromatic N) is 3. The van der Waals surface area contributed by atoms with Crippen molar-refractivity contribution in [1.29, 1.82) is 0 Å². The molecular formula is C11H17N5O3. The number of amides is 2. The molecule has 3 N–H and O–H groups in total. The standard InChI is InChI=1S/C11H17N5O3/c1-16-6-13-8(15-16)4-5-12-11(19)14-9(10(17)18)7-2-3-7/h6-7,9H,2-5H2,1H3,(H,17,18)(H2,12,14,19). The highest BCUT2D eigenvalue weighted by molar-refractivity contribution is 5.83. The average molecular weight is 267 g/mol. The number of carbonyl (C=O) groups is 2. The summed E-state index contributed by atoms with van der Waals surface area (Å²) in [6.07, 6.45) is 3.81. The van der Waals surface area contributed by atoms with Crippen molar-refractivity contribution in [2.75, 3.05) is 6.54 Å². The number of nitrogens with one attached hydrogen (secondary N) is 2. The molecule has 1 aliphatic carbocycles. The zero-order chi connectivity index (χ0) is 13.8. The fourth-order valence-corrected chi connectivity index (χ4v) is 1.79. The number of carbonyl (C=O) groups excluding carboxylic acids is 1. The van der Waals surface area contributed by atoms with Crippen LogP contribution < -0.4 is 10.6 Å². The molecule has 19 heavy (non-hydrogen) atoms. The molecule has 0 saturated heterocycles. The van der Waals surface area contributed by atoms with Crippen LogP contribution in [0.3, 0.4) is 0 Å². The number of carboxylic acid groups (broad SMARTS) is 1. The maximum Gasteiger partial charge on any atom is 0.326 e. The van der Waals surface area contributed by atoms with Gasteiger partial charge in [0.15, 0.2) is 5.82 Å². The topological polar surface area (TPSA) is 109 Å². The van der Waals surface area contributed by atoms with Crippen LogP contribution >= 0.6 is 0 Å². The lowest BCUT2D eigenvalue weighted by Gasteiger charge is -2.13. The third kappa shape index (κ3) is 3.94. The Bertz CT molecular complexity index is 469. The van der Waals surface area contributed by atoms with Gasteiger partial charge >= 0.3 is 12.0 Å². The molecule has 2 rings (SSSR count).